The van der Waals surface area contributed by atoms with Gasteiger partial charge in [0, 0.05) is 39.6 Å². The number of anilines is 1. The molecule has 3 aromatic carbocycles. The van der Waals surface area contributed by atoms with E-state index in [0.717, 1.165) is 41.8 Å². The predicted molar refractivity (Wildman–Crippen MR) is 170 cm³/mol. The minimum Gasteiger partial charge on any atom is -0.352 e. The molecule has 0 aliphatic heterocycles. The van der Waals surface area contributed by atoms with E-state index >= 15 is 0 Å². The molecule has 7 nitrogen and oxygen atoms in total. The molecule has 1 atom stereocenters. The molecule has 0 spiro atoms. The van der Waals surface area contributed by atoms with Crippen molar-refractivity contribution in [3.05, 3.63) is 97.9 Å². The molecule has 0 aromatic heterocycles. The smallest absolute Gasteiger partial charge is 0.244 e. The summed E-state index contributed by atoms with van der Waals surface area (Å²) in [4.78, 5) is 29.5. The van der Waals surface area contributed by atoms with Crippen LogP contribution in [0.25, 0.3) is 0 Å². The van der Waals surface area contributed by atoms with Crippen molar-refractivity contribution in [2.75, 3.05) is 17.1 Å². The molecule has 4 rings (SSSR count). The van der Waals surface area contributed by atoms with Crippen molar-refractivity contribution >= 4 is 73.9 Å². The summed E-state index contributed by atoms with van der Waals surface area (Å²) in [5.74, 6) is -0.982. The topological polar surface area (TPSA) is 86.8 Å². The van der Waals surface area contributed by atoms with E-state index in [2.05, 4.69) is 5.32 Å². The third-order valence-corrected chi connectivity index (χ3v) is 9.61. The van der Waals surface area contributed by atoms with Gasteiger partial charge in [-0.1, -0.05) is 95.6 Å². The molecule has 1 N–H and O–H groups in total. The van der Waals surface area contributed by atoms with Gasteiger partial charge in [0.2, 0.25) is 21.8 Å². The Labute approximate surface area is 266 Å². The minimum absolute atomic E-state index is 0.00517. The number of nitrogens with one attached hydrogen (secondary N) is 1. The van der Waals surface area contributed by atoms with Crippen molar-refractivity contribution in [2.24, 2.45) is 0 Å². The van der Waals surface area contributed by atoms with Crippen LogP contribution in [-0.2, 0) is 32.6 Å². The normalized spacial score (nSPS) is 14.4. The fourth-order valence-electron chi connectivity index (χ4n) is 5.05. The number of carbonyl (C=O) groups is 2. The molecule has 0 radical (unpaired) electrons. The highest BCUT2D eigenvalue weighted by Crippen LogP contribution is 2.32. The number of amides is 2. The van der Waals surface area contributed by atoms with E-state index in [1.807, 2.05) is 30.3 Å². The third-order valence-electron chi connectivity index (χ3n) is 7.22. The van der Waals surface area contributed by atoms with E-state index in [0.29, 0.717) is 15.6 Å². The van der Waals surface area contributed by atoms with Crippen molar-refractivity contribution < 1.29 is 18.0 Å². The molecule has 0 unspecified atom stereocenters. The molecule has 1 saturated carbocycles. The molecule has 2 amide bonds. The van der Waals surface area contributed by atoms with Gasteiger partial charge in [0.25, 0.3) is 0 Å². The van der Waals surface area contributed by atoms with E-state index in [9.17, 15) is 18.0 Å². The first-order valence-corrected chi connectivity index (χ1v) is 16.8. The number of carbonyl (C=O) groups excluding carboxylic acids is 2. The van der Waals surface area contributed by atoms with E-state index < -0.39 is 28.5 Å². The molecule has 224 valence electrons. The first kappa shape index (κ1) is 32.4. The molecule has 1 fully saturated rings. The van der Waals surface area contributed by atoms with Crippen LogP contribution in [0.1, 0.15) is 36.8 Å². The summed E-state index contributed by atoms with van der Waals surface area (Å²) in [5, 5.41) is 4.08. The Morgan fingerprint density at radius 2 is 1.55 bits per heavy atom. The zero-order chi connectivity index (χ0) is 30.4. The molecule has 3 aromatic rings. The number of hydrogen-bond donors (Lipinski definition) is 1. The molecule has 1 aliphatic carbocycles. The number of hydrogen-bond acceptors (Lipinski definition) is 4. The first-order chi connectivity index (χ1) is 19.9. The third kappa shape index (κ3) is 8.32. The second-order valence-electron chi connectivity index (χ2n) is 10.3. The van der Waals surface area contributed by atoms with Gasteiger partial charge >= 0.3 is 0 Å². The summed E-state index contributed by atoms with van der Waals surface area (Å²) in [5.41, 5.74) is 1.31. The molecule has 1 aliphatic rings. The van der Waals surface area contributed by atoms with Crippen LogP contribution < -0.4 is 9.62 Å². The molecular weight excluding hydrogens is 640 g/mol. The maximum absolute atomic E-state index is 14.2. The van der Waals surface area contributed by atoms with Crippen molar-refractivity contribution in [2.45, 2.75) is 50.7 Å². The molecule has 42 heavy (non-hydrogen) atoms. The number of halogens is 4. The summed E-state index contributed by atoms with van der Waals surface area (Å²) in [6.45, 7) is -0.767. The molecule has 0 bridgehead atoms. The van der Waals surface area contributed by atoms with Gasteiger partial charge < -0.3 is 10.2 Å². The van der Waals surface area contributed by atoms with Crippen LogP contribution >= 0.6 is 46.4 Å². The number of nitrogens with zero attached hydrogens (tertiary/aromatic N) is 2. The quantitative estimate of drug-likeness (QED) is 0.244. The molecule has 0 saturated heterocycles. The van der Waals surface area contributed by atoms with Crippen LogP contribution in [0.15, 0.2) is 66.7 Å². The lowest BCUT2D eigenvalue weighted by Gasteiger charge is -2.34. The lowest BCUT2D eigenvalue weighted by atomic mass is 10.0. The Kier molecular flexibility index (Phi) is 11.1. The maximum Gasteiger partial charge on any atom is 0.244 e. The van der Waals surface area contributed by atoms with E-state index in [-0.39, 0.29) is 40.6 Å². The lowest BCUT2D eigenvalue weighted by molar-refractivity contribution is -0.140. The summed E-state index contributed by atoms with van der Waals surface area (Å²) < 4.78 is 26.8. The standard InChI is InChI=1S/C30H31Cl4N3O4S/c1-42(40,41)37(27-17-21(31)14-15-26(27)34)19-29(38)36(18-23-24(32)12-7-13-25(23)33)28(16-20-8-3-2-4-9-20)30(39)35-22-10-5-6-11-22/h2-4,7-9,12-15,17,22,28H,5-6,10-11,16,18-19H2,1H3,(H,35,39)/t28-/m1/s1. The maximum atomic E-state index is 14.2. The van der Waals surface area contributed by atoms with Crippen LogP contribution in [0.5, 0.6) is 0 Å². The van der Waals surface area contributed by atoms with E-state index in [1.54, 1.807) is 18.2 Å². The zero-order valence-electron chi connectivity index (χ0n) is 22.9. The van der Waals surface area contributed by atoms with Crippen LogP contribution in [0.4, 0.5) is 5.69 Å². The van der Waals surface area contributed by atoms with Gasteiger partial charge in [0.1, 0.15) is 12.6 Å². The summed E-state index contributed by atoms with van der Waals surface area (Å²) in [6.07, 6.45) is 4.88. The van der Waals surface area contributed by atoms with Crippen molar-refractivity contribution in [3.8, 4) is 0 Å². The highest BCUT2D eigenvalue weighted by molar-refractivity contribution is 7.92. The van der Waals surface area contributed by atoms with Gasteiger partial charge in [-0.3, -0.25) is 13.9 Å². The highest BCUT2D eigenvalue weighted by Gasteiger charge is 2.35. The molecular formula is C30H31Cl4N3O4S. The van der Waals surface area contributed by atoms with Crippen molar-refractivity contribution in [1.82, 2.24) is 10.2 Å². The van der Waals surface area contributed by atoms with Crippen molar-refractivity contribution in [1.29, 1.82) is 0 Å². The number of sulfonamides is 1. The van der Waals surface area contributed by atoms with Gasteiger partial charge in [-0.25, -0.2) is 8.42 Å². The Morgan fingerprint density at radius 1 is 0.905 bits per heavy atom. The Balaban J connectivity index is 1.78. The fraction of sp³-hybridized carbons (Fsp3) is 0.333. The SMILES string of the molecule is CS(=O)(=O)N(CC(=O)N(Cc1c(Cl)cccc1Cl)[C@H](Cc1ccccc1)C(=O)NC1CCCC1)c1cc(Cl)ccc1Cl. The van der Waals surface area contributed by atoms with Crippen molar-refractivity contribution in [3.63, 3.8) is 0 Å². The summed E-state index contributed by atoms with van der Waals surface area (Å²) in [7, 11) is -4.01. The predicted octanol–water partition coefficient (Wildman–Crippen LogP) is 6.77. The monoisotopic (exact) mass is 669 g/mol. The fourth-order valence-corrected chi connectivity index (χ4v) is 6.85. The summed E-state index contributed by atoms with van der Waals surface area (Å²) in [6, 6.07) is 17.6. The zero-order valence-corrected chi connectivity index (χ0v) is 26.7. The minimum atomic E-state index is -4.01. The van der Waals surface area contributed by atoms with E-state index in [1.165, 1.54) is 23.1 Å². The second-order valence-corrected chi connectivity index (χ2v) is 13.8. The number of rotatable bonds is 11. The average Bonchev–Trinajstić information content (AvgIpc) is 3.45. The average molecular weight is 671 g/mol. The summed E-state index contributed by atoms with van der Waals surface area (Å²) >= 11 is 25.5. The molecule has 0 heterocycles. The largest absolute Gasteiger partial charge is 0.352 e. The van der Waals surface area contributed by atoms with Crippen LogP contribution in [0, 0.1) is 0 Å². The van der Waals surface area contributed by atoms with Crippen LogP contribution in [-0.4, -0.2) is 50.0 Å². The Bertz CT molecular complexity index is 1510. The van der Waals surface area contributed by atoms with Crippen LogP contribution in [0.3, 0.4) is 0 Å². The lowest BCUT2D eigenvalue weighted by Crippen LogP contribution is -2.54. The van der Waals surface area contributed by atoms with E-state index in [4.69, 9.17) is 46.4 Å². The second kappa shape index (κ2) is 14.3. The molecule has 12 heteroatoms. The van der Waals surface area contributed by atoms with Gasteiger partial charge in [-0.2, -0.15) is 0 Å². The van der Waals surface area contributed by atoms with Gasteiger partial charge in [-0.15, -0.1) is 0 Å². The number of benzene rings is 3. The van der Waals surface area contributed by atoms with Gasteiger partial charge in [-0.05, 0) is 48.7 Å². The first-order valence-electron chi connectivity index (χ1n) is 13.4. The Morgan fingerprint density at radius 3 is 2.17 bits per heavy atom. The Hall–Kier alpha value is -2.49. The van der Waals surface area contributed by atoms with Crippen LogP contribution in [0.2, 0.25) is 20.1 Å². The van der Waals surface area contributed by atoms with Gasteiger partial charge in [0.15, 0.2) is 0 Å². The highest BCUT2D eigenvalue weighted by atomic mass is 35.5. The van der Waals surface area contributed by atoms with Gasteiger partial charge in [0.05, 0.1) is 17.0 Å².